The van der Waals surface area contributed by atoms with Crippen LogP contribution in [0.25, 0.3) is 10.2 Å². The maximum atomic E-state index is 4.66. The quantitative estimate of drug-likeness (QED) is 0.799. The van der Waals surface area contributed by atoms with Crippen molar-refractivity contribution in [3.05, 3.63) is 30.1 Å². The fraction of sp³-hybridized carbons (Fsp3) is 0.400. The molecule has 1 aliphatic rings. The van der Waals surface area contributed by atoms with Crippen molar-refractivity contribution in [2.75, 3.05) is 13.1 Å². The third kappa shape index (κ3) is 2.64. The zero-order valence-corrected chi connectivity index (χ0v) is 14.0. The Morgan fingerprint density at radius 1 is 1.32 bits per heavy atom. The molecule has 5 nitrogen and oxygen atoms in total. The van der Waals surface area contributed by atoms with E-state index in [4.69, 9.17) is 0 Å². The fourth-order valence-corrected chi connectivity index (χ4v) is 4.78. The molecule has 114 valence electrons. The van der Waals surface area contributed by atoms with Crippen LogP contribution >= 0.6 is 23.1 Å². The van der Waals surface area contributed by atoms with Gasteiger partial charge in [0.2, 0.25) is 0 Å². The highest BCUT2D eigenvalue weighted by atomic mass is 32.2. The fourth-order valence-electron chi connectivity index (χ4n) is 2.82. The Morgan fingerprint density at radius 3 is 3.05 bits per heavy atom. The molecule has 0 unspecified atom stereocenters. The van der Waals surface area contributed by atoms with E-state index in [-0.39, 0.29) is 0 Å². The van der Waals surface area contributed by atoms with Crippen LogP contribution in [0.2, 0.25) is 0 Å². The molecule has 1 aromatic carbocycles. The number of piperidine rings is 1. The zero-order chi connectivity index (χ0) is 14.9. The highest BCUT2D eigenvalue weighted by Crippen LogP contribution is 2.34. The van der Waals surface area contributed by atoms with Crippen molar-refractivity contribution >= 4 is 33.3 Å². The summed E-state index contributed by atoms with van der Waals surface area (Å²) in [5, 5.41) is 13.1. The number of hydrogen-bond donors (Lipinski definition) is 1. The van der Waals surface area contributed by atoms with Crippen LogP contribution in [0.15, 0.2) is 33.8 Å². The van der Waals surface area contributed by atoms with E-state index in [1.807, 2.05) is 18.2 Å². The molecule has 1 N–H and O–H groups in total. The van der Waals surface area contributed by atoms with E-state index >= 15 is 0 Å². The van der Waals surface area contributed by atoms with Crippen LogP contribution in [0, 0.1) is 0 Å². The second-order valence-electron chi connectivity index (χ2n) is 5.49. The summed E-state index contributed by atoms with van der Waals surface area (Å²) < 4.78 is 4.35. The Balaban J connectivity index is 1.59. The van der Waals surface area contributed by atoms with Gasteiger partial charge < -0.3 is 9.88 Å². The van der Waals surface area contributed by atoms with Crippen LogP contribution in [0.4, 0.5) is 0 Å². The molecule has 1 aliphatic heterocycles. The molecule has 0 saturated carbocycles. The molecule has 1 fully saturated rings. The Labute approximate surface area is 137 Å². The van der Waals surface area contributed by atoms with Crippen molar-refractivity contribution in [1.29, 1.82) is 0 Å². The minimum Gasteiger partial charge on any atom is -0.316 e. The molecule has 4 rings (SSSR count). The Kier molecular flexibility index (Phi) is 3.85. The van der Waals surface area contributed by atoms with Gasteiger partial charge in [0.1, 0.15) is 5.82 Å². The van der Waals surface area contributed by atoms with E-state index in [9.17, 15) is 0 Å². The molecular weight excluding hydrogens is 314 g/mol. The molecule has 0 bridgehead atoms. The van der Waals surface area contributed by atoms with Gasteiger partial charge in [-0.2, -0.15) is 0 Å². The van der Waals surface area contributed by atoms with Crippen LogP contribution in [0.5, 0.6) is 0 Å². The third-order valence-corrected chi connectivity index (χ3v) is 6.12. The average Bonchev–Trinajstić information content (AvgIpc) is 3.12. The van der Waals surface area contributed by atoms with Crippen LogP contribution in [-0.2, 0) is 7.05 Å². The van der Waals surface area contributed by atoms with Gasteiger partial charge in [0, 0.05) is 19.5 Å². The lowest BCUT2D eigenvalue weighted by atomic mass is 9.99. The van der Waals surface area contributed by atoms with Gasteiger partial charge in [0.25, 0.3) is 0 Å². The van der Waals surface area contributed by atoms with E-state index in [0.717, 1.165) is 33.9 Å². The third-order valence-electron chi connectivity index (χ3n) is 3.98. The summed E-state index contributed by atoms with van der Waals surface area (Å²) in [5.41, 5.74) is 1.05. The van der Waals surface area contributed by atoms with Crippen molar-refractivity contribution in [3.63, 3.8) is 0 Å². The summed E-state index contributed by atoms with van der Waals surface area (Å²) >= 11 is 3.31. The predicted molar refractivity (Wildman–Crippen MR) is 89.6 cm³/mol. The summed E-state index contributed by atoms with van der Waals surface area (Å²) in [6.07, 6.45) is 2.39. The number of rotatable bonds is 3. The molecule has 3 heterocycles. The number of aromatic nitrogens is 4. The normalized spacial score (nSPS) is 18.9. The van der Waals surface area contributed by atoms with Crippen LogP contribution in [0.1, 0.15) is 24.6 Å². The molecule has 1 saturated heterocycles. The molecule has 1 atom stereocenters. The molecule has 2 aromatic heterocycles. The second-order valence-corrected chi connectivity index (χ2v) is 7.74. The minimum absolute atomic E-state index is 0.468. The molecule has 0 amide bonds. The largest absolute Gasteiger partial charge is 0.316 e. The van der Waals surface area contributed by atoms with Gasteiger partial charge in [-0.05, 0) is 43.3 Å². The van der Waals surface area contributed by atoms with Crippen LogP contribution in [0.3, 0.4) is 0 Å². The molecule has 22 heavy (non-hydrogen) atoms. The summed E-state index contributed by atoms with van der Waals surface area (Å²) in [7, 11) is 2.06. The van der Waals surface area contributed by atoms with Gasteiger partial charge >= 0.3 is 0 Å². The number of para-hydroxylation sites is 1. The standard InChI is InChI=1S/C15H17N5S2/c1-20-13(10-5-4-8-16-9-10)18-19-14(20)22-15-17-11-6-2-3-7-12(11)21-15/h2-3,6-7,10,16H,4-5,8-9H2,1H3/t10-/m1/s1. The van der Waals surface area contributed by atoms with Crippen molar-refractivity contribution in [1.82, 2.24) is 25.1 Å². The van der Waals surface area contributed by atoms with Crippen molar-refractivity contribution in [3.8, 4) is 0 Å². The highest BCUT2D eigenvalue weighted by Gasteiger charge is 2.22. The van der Waals surface area contributed by atoms with E-state index in [0.29, 0.717) is 5.92 Å². The topological polar surface area (TPSA) is 55.6 Å². The van der Waals surface area contributed by atoms with Gasteiger partial charge in [-0.15, -0.1) is 21.5 Å². The number of nitrogens with zero attached hydrogens (tertiary/aromatic N) is 4. The predicted octanol–water partition coefficient (Wildman–Crippen LogP) is 3.04. The lowest BCUT2D eigenvalue weighted by Gasteiger charge is -2.21. The van der Waals surface area contributed by atoms with Crippen molar-refractivity contribution < 1.29 is 0 Å². The van der Waals surface area contributed by atoms with E-state index < -0.39 is 0 Å². The minimum atomic E-state index is 0.468. The van der Waals surface area contributed by atoms with E-state index in [1.54, 1.807) is 23.1 Å². The number of hydrogen-bond acceptors (Lipinski definition) is 6. The smallest absolute Gasteiger partial charge is 0.198 e. The number of fused-ring (bicyclic) bond motifs is 1. The summed E-state index contributed by atoms with van der Waals surface area (Å²) in [6.45, 7) is 2.11. The van der Waals surface area contributed by atoms with Gasteiger partial charge in [-0.1, -0.05) is 12.1 Å². The van der Waals surface area contributed by atoms with Gasteiger partial charge in [-0.3, -0.25) is 0 Å². The maximum Gasteiger partial charge on any atom is 0.198 e. The van der Waals surface area contributed by atoms with Crippen LogP contribution < -0.4 is 5.32 Å². The monoisotopic (exact) mass is 331 g/mol. The summed E-state index contributed by atoms with van der Waals surface area (Å²) in [4.78, 5) is 4.66. The van der Waals surface area contributed by atoms with Crippen LogP contribution in [-0.4, -0.2) is 32.8 Å². The number of benzene rings is 1. The van der Waals surface area contributed by atoms with E-state index in [2.05, 4.69) is 38.2 Å². The van der Waals surface area contributed by atoms with Crippen molar-refractivity contribution in [2.45, 2.75) is 28.3 Å². The first-order valence-electron chi connectivity index (χ1n) is 7.44. The highest BCUT2D eigenvalue weighted by molar-refractivity contribution is 8.01. The molecule has 0 spiro atoms. The maximum absolute atomic E-state index is 4.66. The Morgan fingerprint density at radius 2 is 2.23 bits per heavy atom. The molecule has 7 heteroatoms. The van der Waals surface area contributed by atoms with Crippen molar-refractivity contribution in [2.24, 2.45) is 7.05 Å². The summed E-state index contributed by atoms with van der Waals surface area (Å²) in [5.74, 6) is 1.55. The Hall–Kier alpha value is -1.44. The lowest BCUT2D eigenvalue weighted by molar-refractivity contribution is 0.436. The molecule has 0 radical (unpaired) electrons. The second kappa shape index (κ2) is 5.98. The molecule has 3 aromatic rings. The number of nitrogens with one attached hydrogen (secondary N) is 1. The van der Waals surface area contributed by atoms with Gasteiger partial charge in [0.05, 0.1) is 10.2 Å². The zero-order valence-electron chi connectivity index (χ0n) is 12.3. The lowest BCUT2D eigenvalue weighted by Crippen LogP contribution is -2.29. The molecule has 0 aliphatic carbocycles. The first kappa shape index (κ1) is 14.2. The van der Waals surface area contributed by atoms with Gasteiger partial charge in [-0.25, -0.2) is 4.98 Å². The van der Waals surface area contributed by atoms with E-state index in [1.165, 1.54) is 17.5 Å². The average molecular weight is 331 g/mol. The first-order valence-corrected chi connectivity index (χ1v) is 9.08. The SMILES string of the molecule is Cn1c(Sc2nc3ccccc3s2)nnc1[C@@H]1CCCNC1. The number of thiazole rings is 1. The Bertz CT molecular complexity index is 755. The summed E-state index contributed by atoms with van der Waals surface area (Å²) in [6, 6.07) is 8.22. The molecular formula is C15H17N5S2. The first-order chi connectivity index (χ1) is 10.8. The van der Waals surface area contributed by atoms with Gasteiger partial charge in [0.15, 0.2) is 9.50 Å².